The first-order valence-corrected chi connectivity index (χ1v) is 13.5. The number of methoxy groups -OCH3 is 1. The molecule has 6 heteroatoms. The lowest BCUT2D eigenvalue weighted by molar-refractivity contribution is -0.937. The molecule has 3 aromatic carbocycles. The van der Waals surface area contributed by atoms with E-state index in [0.29, 0.717) is 12.5 Å². The van der Waals surface area contributed by atoms with Gasteiger partial charge in [0.25, 0.3) is 0 Å². The van der Waals surface area contributed by atoms with Gasteiger partial charge in [0.05, 0.1) is 26.8 Å². The van der Waals surface area contributed by atoms with Gasteiger partial charge in [-0.2, -0.15) is 0 Å². The molecular weight excluding hydrogens is 488 g/mol. The summed E-state index contributed by atoms with van der Waals surface area (Å²) in [5.41, 5.74) is 4.96. The van der Waals surface area contributed by atoms with Gasteiger partial charge >= 0.3 is 0 Å². The summed E-state index contributed by atoms with van der Waals surface area (Å²) in [4.78, 5) is 4.58. The molecule has 1 aliphatic heterocycles. The van der Waals surface area contributed by atoms with Crippen LogP contribution in [0.15, 0.2) is 85.1 Å². The summed E-state index contributed by atoms with van der Waals surface area (Å²) in [6, 6.07) is 26.2. The van der Waals surface area contributed by atoms with Crippen molar-refractivity contribution < 1.29 is 23.4 Å². The molecule has 1 atom stereocenters. The van der Waals surface area contributed by atoms with Gasteiger partial charge in [0, 0.05) is 29.8 Å². The molecule has 0 saturated carbocycles. The number of hydrogen-bond acceptors (Lipinski definition) is 5. The third-order valence-electron chi connectivity index (χ3n) is 6.98. The van der Waals surface area contributed by atoms with E-state index < -0.39 is 0 Å². The van der Waals surface area contributed by atoms with E-state index >= 15 is 0 Å². The Balaban J connectivity index is 1.23. The minimum Gasteiger partial charge on any atom is -0.493 e. The minimum atomic E-state index is 0.140. The van der Waals surface area contributed by atoms with E-state index in [1.54, 1.807) is 7.11 Å². The molecule has 0 N–H and O–H groups in total. The number of hydrogen-bond donors (Lipinski definition) is 0. The van der Waals surface area contributed by atoms with Crippen molar-refractivity contribution in [3.63, 3.8) is 0 Å². The van der Waals surface area contributed by atoms with Crippen LogP contribution >= 0.6 is 0 Å². The summed E-state index contributed by atoms with van der Waals surface area (Å²) >= 11 is 0. The highest BCUT2D eigenvalue weighted by Gasteiger charge is 2.30. The Morgan fingerprint density at radius 3 is 2.28 bits per heavy atom. The maximum atomic E-state index is 6.19. The number of pyridine rings is 1. The van der Waals surface area contributed by atoms with Gasteiger partial charge in [0.1, 0.15) is 31.2 Å². The molecule has 202 valence electrons. The van der Waals surface area contributed by atoms with E-state index in [2.05, 4.69) is 42.4 Å². The number of benzene rings is 3. The van der Waals surface area contributed by atoms with Gasteiger partial charge in [0.15, 0.2) is 11.5 Å². The fraction of sp³-hybridized carbons (Fsp3) is 0.303. The molecule has 4 aromatic rings. The molecule has 0 radical (unpaired) electrons. The lowest BCUT2D eigenvalue weighted by atomic mass is 9.96. The van der Waals surface area contributed by atoms with Gasteiger partial charge < -0.3 is 23.4 Å². The molecule has 0 fully saturated rings. The third-order valence-corrected chi connectivity index (χ3v) is 6.98. The fourth-order valence-electron chi connectivity index (χ4n) is 5.03. The van der Waals surface area contributed by atoms with Crippen molar-refractivity contribution >= 4 is 0 Å². The zero-order valence-corrected chi connectivity index (χ0v) is 23.2. The molecule has 0 aliphatic carbocycles. The Bertz CT molecular complexity index is 1370. The fourth-order valence-corrected chi connectivity index (χ4v) is 5.03. The smallest absolute Gasteiger partial charge is 0.219 e. The number of likely N-dealkylation sites (N-methyl/N-ethyl adjacent to an activating group) is 1. The molecule has 0 saturated heterocycles. The van der Waals surface area contributed by atoms with E-state index in [9.17, 15) is 0 Å². The van der Waals surface area contributed by atoms with E-state index in [1.807, 2.05) is 68.6 Å². The summed E-state index contributed by atoms with van der Waals surface area (Å²) < 4.78 is 24.4. The van der Waals surface area contributed by atoms with Crippen molar-refractivity contribution in [2.45, 2.75) is 46.1 Å². The SMILES string of the molecule is COc1cc2c(cc1OCc1ccccc1)C[N+](C)(Cc1ccc(Oc3ccc(OC(C)C)cc3)nc1)CC2. The molecule has 39 heavy (non-hydrogen) atoms. The van der Waals surface area contributed by atoms with Gasteiger partial charge in [0.2, 0.25) is 5.88 Å². The van der Waals surface area contributed by atoms with Crippen LogP contribution < -0.4 is 18.9 Å². The highest BCUT2D eigenvalue weighted by atomic mass is 16.5. The highest BCUT2D eigenvalue weighted by molar-refractivity contribution is 5.48. The van der Waals surface area contributed by atoms with Crippen LogP contribution in [0.25, 0.3) is 0 Å². The van der Waals surface area contributed by atoms with Crippen LogP contribution in [0, 0.1) is 0 Å². The molecule has 2 heterocycles. The number of rotatable bonds is 10. The molecule has 5 rings (SSSR count). The van der Waals surface area contributed by atoms with Gasteiger partial charge in [-0.05, 0) is 67.4 Å². The predicted octanol–water partition coefficient (Wildman–Crippen LogP) is 6.95. The molecule has 1 aromatic heterocycles. The first-order valence-electron chi connectivity index (χ1n) is 13.5. The zero-order chi connectivity index (χ0) is 27.2. The third kappa shape index (κ3) is 6.89. The number of aromatic nitrogens is 1. The van der Waals surface area contributed by atoms with E-state index in [4.69, 9.17) is 18.9 Å². The second kappa shape index (κ2) is 11.8. The first kappa shape index (κ1) is 26.6. The molecule has 6 nitrogen and oxygen atoms in total. The zero-order valence-electron chi connectivity index (χ0n) is 23.2. The van der Waals surface area contributed by atoms with Crippen LogP contribution in [-0.4, -0.2) is 36.3 Å². The van der Waals surface area contributed by atoms with Crippen molar-refractivity contribution in [3.05, 3.63) is 107 Å². The van der Waals surface area contributed by atoms with Crippen LogP contribution in [0.2, 0.25) is 0 Å². The topological polar surface area (TPSA) is 49.8 Å². The van der Waals surface area contributed by atoms with Crippen molar-refractivity contribution in [1.29, 1.82) is 0 Å². The van der Waals surface area contributed by atoms with E-state index in [1.165, 1.54) is 16.7 Å². The summed E-state index contributed by atoms with van der Waals surface area (Å²) in [6.07, 6.45) is 3.06. The second-order valence-electron chi connectivity index (χ2n) is 10.7. The Hall–Kier alpha value is -4.03. The number of fused-ring (bicyclic) bond motifs is 1. The van der Waals surface area contributed by atoms with Crippen LogP contribution in [0.5, 0.6) is 28.9 Å². The van der Waals surface area contributed by atoms with E-state index in [0.717, 1.165) is 59.1 Å². The first-order chi connectivity index (χ1) is 18.9. The Morgan fingerprint density at radius 1 is 0.846 bits per heavy atom. The Kier molecular flexibility index (Phi) is 8.03. The quantitative estimate of drug-likeness (QED) is 0.210. The Morgan fingerprint density at radius 2 is 1.59 bits per heavy atom. The highest BCUT2D eigenvalue weighted by Crippen LogP contribution is 2.36. The lowest BCUT2D eigenvalue weighted by Crippen LogP contribution is -2.46. The summed E-state index contributed by atoms with van der Waals surface area (Å²) in [5, 5.41) is 0. The maximum absolute atomic E-state index is 6.19. The van der Waals surface area contributed by atoms with Gasteiger partial charge in [-0.25, -0.2) is 4.98 Å². The van der Waals surface area contributed by atoms with Crippen molar-refractivity contribution in [1.82, 2.24) is 4.98 Å². The standard InChI is InChI=1S/C33H37N2O4/c1-24(2)38-29-11-13-30(14-12-29)39-33-15-10-26(20-34-33)21-35(3)17-16-27-18-31(36-4)32(19-28(27)22-35)37-23-25-8-6-5-7-9-25/h5-15,18-20,24H,16-17,21-23H2,1-4H3/q+1. The Labute approximate surface area is 231 Å². The summed E-state index contributed by atoms with van der Waals surface area (Å²) in [6.45, 7) is 7.39. The molecule has 0 bridgehead atoms. The average molecular weight is 526 g/mol. The normalized spacial score (nSPS) is 16.4. The van der Waals surface area contributed by atoms with Gasteiger partial charge in [-0.1, -0.05) is 30.3 Å². The summed E-state index contributed by atoms with van der Waals surface area (Å²) in [5.74, 6) is 3.73. The molecule has 1 unspecified atom stereocenters. The van der Waals surface area contributed by atoms with Crippen LogP contribution in [0.4, 0.5) is 0 Å². The monoisotopic (exact) mass is 525 g/mol. The van der Waals surface area contributed by atoms with E-state index in [-0.39, 0.29) is 6.10 Å². The molecule has 0 spiro atoms. The van der Waals surface area contributed by atoms with Crippen LogP contribution in [0.1, 0.15) is 36.1 Å². The second-order valence-corrected chi connectivity index (χ2v) is 10.7. The predicted molar refractivity (Wildman–Crippen MR) is 152 cm³/mol. The lowest BCUT2D eigenvalue weighted by Gasteiger charge is -2.39. The molecule has 1 aliphatic rings. The van der Waals surface area contributed by atoms with Gasteiger partial charge in [-0.3, -0.25) is 0 Å². The maximum Gasteiger partial charge on any atom is 0.219 e. The average Bonchev–Trinajstić information content (AvgIpc) is 2.93. The molecular formula is C33H37N2O4+. The van der Waals surface area contributed by atoms with Crippen molar-refractivity contribution in [2.75, 3.05) is 20.7 Å². The van der Waals surface area contributed by atoms with Crippen LogP contribution in [0.3, 0.4) is 0 Å². The van der Waals surface area contributed by atoms with Crippen molar-refractivity contribution in [2.24, 2.45) is 0 Å². The number of ether oxygens (including phenoxy) is 4. The summed E-state index contributed by atoms with van der Waals surface area (Å²) in [7, 11) is 4.01. The number of quaternary nitrogens is 1. The number of nitrogens with zero attached hydrogens (tertiary/aromatic N) is 2. The largest absolute Gasteiger partial charge is 0.493 e. The molecule has 0 amide bonds. The van der Waals surface area contributed by atoms with Crippen molar-refractivity contribution in [3.8, 4) is 28.9 Å². The minimum absolute atomic E-state index is 0.140. The van der Waals surface area contributed by atoms with Gasteiger partial charge in [-0.15, -0.1) is 0 Å². The van der Waals surface area contributed by atoms with Crippen LogP contribution in [-0.2, 0) is 26.1 Å².